The third-order valence-corrected chi connectivity index (χ3v) is 2.53. The lowest BCUT2D eigenvalue weighted by molar-refractivity contribution is -0.169. The third kappa shape index (κ3) is 3.39. The minimum Gasteiger partial charge on any atom is -0.394 e. The van der Waals surface area contributed by atoms with Gasteiger partial charge < -0.3 is 24.8 Å². The Hall–Kier alpha value is -0.200. The van der Waals surface area contributed by atoms with E-state index >= 15 is 0 Å². The van der Waals surface area contributed by atoms with Crippen molar-refractivity contribution in [3.8, 4) is 0 Å². The van der Waals surface area contributed by atoms with Gasteiger partial charge >= 0.3 is 0 Å². The second kappa shape index (κ2) is 6.40. The van der Waals surface area contributed by atoms with Gasteiger partial charge in [0.1, 0.15) is 18.3 Å². The lowest BCUT2D eigenvalue weighted by Gasteiger charge is -2.15. The molecule has 0 bridgehead atoms. The molecular formula is C10H20O5. The number of rotatable bonds is 6. The normalized spacial score (nSPS) is 36.0. The van der Waals surface area contributed by atoms with E-state index in [4.69, 9.17) is 14.6 Å². The molecule has 0 aromatic heterocycles. The average molecular weight is 220 g/mol. The lowest BCUT2D eigenvalue weighted by atomic mass is 10.1. The fraction of sp³-hybridized carbons (Fsp3) is 1.00. The Morgan fingerprint density at radius 2 is 1.93 bits per heavy atom. The molecule has 1 unspecified atom stereocenters. The van der Waals surface area contributed by atoms with Gasteiger partial charge in [0, 0.05) is 6.61 Å². The minimum absolute atomic E-state index is 0.312. The van der Waals surface area contributed by atoms with E-state index in [1.54, 1.807) is 0 Å². The molecule has 0 spiro atoms. The van der Waals surface area contributed by atoms with Crippen LogP contribution >= 0.6 is 0 Å². The smallest absolute Gasteiger partial charge is 0.186 e. The van der Waals surface area contributed by atoms with Crippen LogP contribution in [0.2, 0.25) is 0 Å². The van der Waals surface area contributed by atoms with Crippen LogP contribution in [0.1, 0.15) is 26.2 Å². The molecule has 0 saturated carbocycles. The van der Waals surface area contributed by atoms with E-state index in [0.29, 0.717) is 6.61 Å². The predicted molar refractivity (Wildman–Crippen MR) is 53.2 cm³/mol. The Labute approximate surface area is 89.6 Å². The molecule has 1 heterocycles. The Morgan fingerprint density at radius 3 is 2.47 bits per heavy atom. The van der Waals surface area contributed by atoms with Gasteiger partial charge in [-0.25, -0.2) is 0 Å². The molecule has 1 saturated heterocycles. The third-order valence-electron chi connectivity index (χ3n) is 2.53. The van der Waals surface area contributed by atoms with E-state index in [2.05, 4.69) is 6.92 Å². The maximum absolute atomic E-state index is 9.50. The number of aliphatic hydroxyl groups excluding tert-OH is 3. The second-order valence-corrected chi connectivity index (χ2v) is 3.78. The first-order chi connectivity index (χ1) is 7.20. The molecule has 1 fully saturated rings. The zero-order valence-electron chi connectivity index (χ0n) is 9.00. The first kappa shape index (κ1) is 12.9. The van der Waals surface area contributed by atoms with Gasteiger partial charge in [-0.3, -0.25) is 0 Å². The predicted octanol–water partition coefficient (Wildman–Crippen LogP) is -0.368. The molecule has 0 aliphatic carbocycles. The van der Waals surface area contributed by atoms with Crippen LogP contribution in [0.15, 0.2) is 0 Å². The summed E-state index contributed by atoms with van der Waals surface area (Å²) in [5.41, 5.74) is 0. The quantitative estimate of drug-likeness (QED) is 0.532. The number of hydrogen-bond acceptors (Lipinski definition) is 5. The highest BCUT2D eigenvalue weighted by molar-refractivity contribution is 4.86. The molecule has 0 radical (unpaired) electrons. The number of hydrogen-bond donors (Lipinski definition) is 3. The zero-order chi connectivity index (χ0) is 11.3. The Kier molecular flexibility index (Phi) is 5.49. The van der Waals surface area contributed by atoms with Crippen LogP contribution in [0.3, 0.4) is 0 Å². The summed E-state index contributed by atoms with van der Waals surface area (Å²) in [5, 5.41) is 27.7. The van der Waals surface area contributed by atoms with Gasteiger partial charge in [0.2, 0.25) is 0 Å². The Bertz CT molecular complexity index is 175. The molecule has 1 aliphatic heterocycles. The van der Waals surface area contributed by atoms with Crippen LogP contribution in [0.25, 0.3) is 0 Å². The fourth-order valence-corrected chi connectivity index (χ4v) is 1.55. The Morgan fingerprint density at radius 1 is 1.20 bits per heavy atom. The van der Waals surface area contributed by atoms with Gasteiger partial charge in [-0.05, 0) is 6.42 Å². The highest BCUT2D eigenvalue weighted by Crippen LogP contribution is 2.22. The van der Waals surface area contributed by atoms with Gasteiger partial charge in [-0.2, -0.15) is 0 Å². The lowest BCUT2D eigenvalue weighted by Crippen LogP contribution is -2.34. The molecule has 4 atom stereocenters. The summed E-state index contributed by atoms with van der Waals surface area (Å²) in [5.74, 6) is 0. The SMILES string of the molecule is CCCCCOC1O[C@H](CO)[C@@H](O)[C@H]1O. The van der Waals surface area contributed by atoms with Crippen molar-refractivity contribution in [3.63, 3.8) is 0 Å². The summed E-state index contributed by atoms with van der Waals surface area (Å²) in [4.78, 5) is 0. The zero-order valence-corrected chi connectivity index (χ0v) is 9.00. The van der Waals surface area contributed by atoms with Crippen molar-refractivity contribution in [1.29, 1.82) is 0 Å². The molecule has 5 heteroatoms. The van der Waals surface area contributed by atoms with Gasteiger partial charge in [-0.15, -0.1) is 0 Å². The molecule has 0 aromatic rings. The van der Waals surface area contributed by atoms with Gasteiger partial charge in [0.25, 0.3) is 0 Å². The maximum Gasteiger partial charge on any atom is 0.186 e. The fourth-order valence-electron chi connectivity index (χ4n) is 1.55. The molecule has 5 nitrogen and oxygen atoms in total. The van der Waals surface area contributed by atoms with Crippen LogP contribution in [-0.2, 0) is 9.47 Å². The molecule has 1 aliphatic rings. The van der Waals surface area contributed by atoms with Crippen molar-refractivity contribution in [2.24, 2.45) is 0 Å². The number of ether oxygens (including phenoxy) is 2. The molecule has 0 aromatic carbocycles. The maximum atomic E-state index is 9.50. The van der Waals surface area contributed by atoms with Crippen molar-refractivity contribution in [1.82, 2.24) is 0 Å². The van der Waals surface area contributed by atoms with Crippen molar-refractivity contribution in [2.75, 3.05) is 13.2 Å². The largest absolute Gasteiger partial charge is 0.394 e. The van der Waals surface area contributed by atoms with Crippen molar-refractivity contribution >= 4 is 0 Å². The summed E-state index contributed by atoms with van der Waals surface area (Å²) in [7, 11) is 0. The number of aliphatic hydroxyl groups is 3. The molecule has 3 N–H and O–H groups in total. The van der Waals surface area contributed by atoms with Gasteiger partial charge in [0.15, 0.2) is 6.29 Å². The standard InChI is InChI=1S/C10H20O5/c1-2-3-4-5-14-10-9(13)8(12)7(6-11)15-10/h7-13H,2-6H2,1H3/t7-,8-,9-,10?/m1/s1. The van der Waals surface area contributed by atoms with Crippen molar-refractivity contribution < 1.29 is 24.8 Å². The van der Waals surface area contributed by atoms with Crippen LogP contribution in [-0.4, -0.2) is 53.1 Å². The van der Waals surface area contributed by atoms with E-state index in [-0.39, 0.29) is 6.61 Å². The van der Waals surface area contributed by atoms with E-state index in [0.717, 1.165) is 19.3 Å². The van der Waals surface area contributed by atoms with Gasteiger partial charge in [-0.1, -0.05) is 19.8 Å². The van der Waals surface area contributed by atoms with Crippen LogP contribution in [0, 0.1) is 0 Å². The highest BCUT2D eigenvalue weighted by atomic mass is 16.7. The van der Waals surface area contributed by atoms with Crippen LogP contribution in [0.5, 0.6) is 0 Å². The van der Waals surface area contributed by atoms with Crippen LogP contribution in [0.4, 0.5) is 0 Å². The molecule has 15 heavy (non-hydrogen) atoms. The molecular weight excluding hydrogens is 200 g/mol. The van der Waals surface area contributed by atoms with E-state index in [1.807, 2.05) is 0 Å². The van der Waals surface area contributed by atoms with Gasteiger partial charge in [0.05, 0.1) is 6.61 Å². The second-order valence-electron chi connectivity index (χ2n) is 3.78. The monoisotopic (exact) mass is 220 g/mol. The Balaban J connectivity index is 2.25. The number of unbranched alkanes of at least 4 members (excludes halogenated alkanes) is 2. The van der Waals surface area contributed by atoms with E-state index in [9.17, 15) is 10.2 Å². The molecule has 0 amide bonds. The summed E-state index contributed by atoms with van der Waals surface area (Å²) in [6, 6.07) is 0. The highest BCUT2D eigenvalue weighted by Gasteiger charge is 2.42. The summed E-state index contributed by atoms with van der Waals surface area (Å²) >= 11 is 0. The summed E-state index contributed by atoms with van der Waals surface area (Å²) < 4.78 is 10.4. The van der Waals surface area contributed by atoms with Crippen molar-refractivity contribution in [2.45, 2.75) is 50.8 Å². The van der Waals surface area contributed by atoms with Crippen LogP contribution < -0.4 is 0 Å². The summed E-state index contributed by atoms with van der Waals surface area (Å²) in [6.07, 6.45) is -0.614. The average Bonchev–Trinajstić information content (AvgIpc) is 2.52. The van der Waals surface area contributed by atoms with E-state index < -0.39 is 24.6 Å². The first-order valence-corrected chi connectivity index (χ1v) is 5.44. The van der Waals surface area contributed by atoms with E-state index in [1.165, 1.54) is 0 Å². The van der Waals surface area contributed by atoms with Crippen molar-refractivity contribution in [3.05, 3.63) is 0 Å². The molecule has 1 rings (SSSR count). The first-order valence-electron chi connectivity index (χ1n) is 5.44. The molecule has 90 valence electrons. The minimum atomic E-state index is -1.07. The summed E-state index contributed by atoms with van der Waals surface area (Å²) in [6.45, 7) is 2.28. The topological polar surface area (TPSA) is 79.2 Å².